The predicted octanol–water partition coefficient (Wildman–Crippen LogP) is 2.98. The Hall–Kier alpha value is -3.00. The van der Waals surface area contributed by atoms with Crippen molar-refractivity contribution in [3.05, 3.63) is 42.1 Å². The summed E-state index contributed by atoms with van der Waals surface area (Å²) in [5.74, 6) is -0.288. The standard InChI is InChI=1S/C22H30N4O4/c1-3-30-21(27)18-7-5-4-6-17(23)20-12-14(10-11-24-20)16-9-8-15(13-19(16)26-18)25-22(28)29-2/h8-13,17-18,20,24,26H,3-7,23H2,1-2H3,(H,25,28)/t17-,18+,20?/m0/s1. The van der Waals surface area contributed by atoms with Crippen LogP contribution in [-0.4, -0.2) is 43.9 Å². The van der Waals surface area contributed by atoms with Gasteiger partial charge in [0.15, 0.2) is 0 Å². The predicted molar refractivity (Wildman–Crippen MR) is 117 cm³/mol. The number of allylic oxidation sites excluding steroid dienone is 2. The highest BCUT2D eigenvalue weighted by atomic mass is 16.5. The number of carbonyl (C=O) groups is 2. The molecule has 8 heteroatoms. The fourth-order valence-corrected chi connectivity index (χ4v) is 3.72. The molecule has 0 aromatic heterocycles. The maximum Gasteiger partial charge on any atom is 0.411 e. The van der Waals surface area contributed by atoms with Crippen LogP contribution in [0.2, 0.25) is 0 Å². The third kappa shape index (κ3) is 5.33. The number of ether oxygens (including phenoxy) is 2. The van der Waals surface area contributed by atoms with E-state index in [1.165, 1.54) is 7.11 Å². The van der Waals surface area contributed by atoms with E-state index in [2.05, 4.69) is 26.8 Å². The Morgan fingerprint density at radius 3 is 2.83 bits per heavy atom. The molecule has 3 atom stereocenters. The van der Waals surface area contributed by atoms with E-state index in [-0.39, 0.29) is 18.1 Å². The molecule has 3 rings (SSSR count). The molecule has 0 saturated heterocycles. The quantitative estimate of drug-likeness (QED) is 0.562. The minimum Gasteiger partial charge on any atom is -0.464 e. The summed E-state index contributed by atoms with van der Waals surface area (Å²) in [5.41, 5.74) is 9.61. The van der Waals surface area contributed by atoms with Crippen LogP contribution in [0, 0.1) is 0 Å². The molecule has 162 valence electrons. The second kappa shape index (κ2) is 10.2. The van der Waals surface area contributed by atoms with E-state index in [4.69, 9.17) is 10.5 Å². The molecule has 2 aliphatic heterocycles. The highest BCUT2D eigenvalue weighted by Crippen LogP contribution is 2.32. The number of methoxy groups -OCH3 is 1. The third-order valence-electron chi connectivity index (χ3n) is 5.32. The minimum absolute atomic E-state index is 0.0258. The molecule has 5 N–H and O–H groups in total. The molecule has 2 aliphatic rings. The first-order valence-corrected chi connectivity index (χ1v) is 10.3. The Balaban J connectivity index is 2.02. The van der Waals surface area contributed by atoms with Gasteiger partial charge in [-0.05, 0) is 49.7 Å². The SMILES string of the molecule is CCOC(=O)[C@H]1CCCC[C@H](N)C2C=C(C=CN2)c2ccc(NC(=O)OC)cc2N1. The van der Waals surface area contributed by atoms with Gasteiger partial charge < -0.3 is 25.8 Å². The Bertz CT molecular complexity index is 836. The second-order valence-corrected chi connectivity index (χ2v) is 7.42. The molecule has 0 saturated carbocycles. The van der Waals surface area contributed by atoms with Crippen LogP contribution < -0.4 is 21.7 Å². The molecule has 2 heterocycles. The Morgan fingerprint density at radius 1 is 1.27 bits per heavy atom. The number of rotatable bonds is 3. The van der Waals surface area contributed by atoms with Crippen molar-refractivity contribution in [2.75, 3.05) is 24.4 Å². The van der Waals surface area contributed by atoms with Crippen molar-refractivity contribution < 1.29 is 19.1 Å². The lowest BCUT2D eigenvalue weighted by Crippen LogP contribution is -2.43. The van der Waals surface area contributed by atoms with Crippen LogP contribution in [0.15, 0.2) is 36.6 Å². The average Bonchev–Trinajstić information content (AvgIpc) is 2.75. The van der Waals surface area contributed by atoms with E-state index < -0.39 is 12.1 Å². The van der Waals surface area contributed by atoms with Crippen molar-refractivity contribution in [1.29, 1.82) is 0 Å². The number of amides is 1. The van der Waals surface area contributed by atoms with Crippen LogP contribution in [-0.2, 0) is 14.3 Å². The summed E-state index contributed by atoms with van der Waals surface area (Å²) in [7, 11) is 1.31. The van der Waals surface area contributed by atoms with Gasteiger partial charge in [-0.1, -0.05) is 25.0 Å². The van der Waals surface area contributed by atoms with Crippen LogP contribution in [0.4, 0.5) is 16.2 Å². The van der Waals surface area contributed by atoms with Crippen LogP contribution in [0.5, 0.6) is 0 Å². The molecular formula is C22H30N4O4. The normalized spacial score (nSPS) is 23.3. The topological polar surface area (TPSA) is 115 Å². The highest BCUT2D eigenvalue weighted by Gasteiger charge is 2.24. The highest BCUT2D eigenvalue weighted by molar-refractivity contribution is 5.90. The van der Waals surface area contributed by atoms with E-state index in [0.717, 1.165) is 36.1 Å². The zero-order chi connectivity index (χ0) is 21.5. The van der Waals surface area contributed by atoms with Crippen molar-refractivity contribution in [3.8, 4) is 0 Å². The van der Waals surface area contributed by atoms with Crippen molar-refractivity contribution in [2.24, 2.45) is 5.73 Å². The van der Waals surface area contributed by atoms with Gasteiger partial charge in [-0.2, -0.15) is 0 Å². The molecule has 0 fully saturated rings. The number of nitrogens with two attached hydrogens (primary N) is 1. The molecule has 1 amide bonds. The first kappa shape index (κ1) is 21.7. The summed E-state index contributed by atoms with van der Waals surface area (Å²) in [6.07, 6.45) is 8.68. The fraction of sp³-hybridized carbons (Fsp3) is 0.455. The number of hydrogen-bond acceptors (Lipinski definition) is 7. The molecule has 1 aromatic rings. The van der Waals surface area contributed by atoms with E-state index in [9.17, 15) is 9.59 Å². The third-order valence-corrected chi connectivity index (χ3v) is 5.32. The monoisotopic (exact) mass is 414 g/mol. The molecular weight excluding hydrogens is 384 g/mol. The smallest absolute Gasteiger partial charge is 0.411 e. The first-order chi connectivity index (χ1) is 14.5. The summed E-state index contributed by atoms with van der Waals surface area (Å²) < 4.78 is 9.97. The molecule has 8 nitrogen and oxygen atoms in total. The second-order valence-electron chi connectivity index (χ2n) is 7.42. The van der Waals surface area contributed by atoms with Gasteiger partial charge in [0.25, 0.3) is 0 Å². The van der Waals surface area contributed by atoms with Crippen molar-refractivity contribution in [1.82, 2.24) is 5.32 Å². The number of fused-ring (bicyclic) bond motifs is 3. The number of dihydropyridines is 1. The Labute approximate surface area is 176 Å². The molecule has 0 aliphatic carbocycles. The van der Waals surface area contributed by atoms with Gasteiger partial charge in [0, 0.05) is 23.0 Å². The van der Waals surface area contributed by atoms with E-state index in [1.807, 2.05) is 18.3 Å². The van der Waals surface area contributed by atoms with Gasteiger partial charge in [0.1, 0.15) is 6.04 Å². The van der Waals surface area contributed by atoms with Crippen molar-refractivity contribution >= 4 is 29.0 Å². The van der Waals surface area contributed by atoms with E-state index in [1.54, 1.807) is 19.1 Å². The minimum atomic E-state index is -0.558. The maximum absolute atomic E-state index is 12.6. The average molecular weight is 415 g/mol. The van der Waals surface area contributed by atoms with Gasteiger partial charge in [-0.15, -0.1) is 0 Å². The fourth-order valence-electron chi connectivity index (χ4n) is 3.72. The lowest BCUT2D eigenvalue weighted by molar-refractivity contribution is -0.144. The zero-order valence-corrected chi connectivity index (χ0v) is 17.4. The van der Waals surface area contributed by atoms with Crippen molar-refractivity contribution in [3.63, 3.8) is 0 Å². The number of carbonyl (C=O) groups excluding carboxylic acids is 2. The number of esters is 1. The lowest BCUT2D eigenvalue weighted by atomic mass is 9.92. The molecule has 0 spiro atoms. The van der Waals surface area contributed by atoms with Gasteiger partial charge in [0.2, 0.25) is 0 Å². The van der Waals surface area contributed by atoms with Crippen LogP contribution >= 0.6 is 0 Å². The summed E-state index contributed by atoms with van der Waals surface area (Å²) in [4.78, 5) is 24.2. The Morgan fingerprint density at radius 2 is 2.07 bits per heavy atom. The molecule has 2 bridgehead atoms. The van der Waals surface area contributed by atoms with Gasteiger partial charge >= 0.3 is 12.1 Å². The largest absolute Gasteiger partial charge is 0.464 e. The van der Waals surface area contributed by atoms with E-state index >= 15 is 0 Å². The Kier molecular flexibility index (Phi) is 7.35. The van der Waals surface area contributed by atoms with Gasteiger partial charge in [-0.25, -0.2) is 9.59 Å². The van der Waals surface area contributed by atoms with Crippen LogP contribution in [0.1, 0.15) is 38.2 Å². The molecule has 30 heavy (non-hydrogen) atoms. The number of hydrogen-bond donors (Lipinski definition) is 4. The summed E-state index contributed by atoms with van der Waals surface area (Å²) in [6.45, 7) is 2.11. The summed E-state index contributed by atoms with van der Waals surface area (Å²) in [6, 6.07) is 5.03. The number of nitrogens with one attached hydrogen (secondary N) is 3. The van der Waals surface area contributed by atoms with Crippen LogP contribution in [0.3, 0.4) is 0 Å². The maximum atomic E-state index is 12.6. The summed E-state index contributed by atoms with van der Waals surface area (Å²) >= 11 is 0. The summed E-state index contributed by atoms with van der Waals surface area (Å²) in [5, 5.41) is 9.35. The van der Waals surface area contributed by atoms with Gasteiger partial charge in [-0.3, -0.25) is 5.32 Å². The zero-order valence-electron chi connectivity index (χ0n) is 17.4. The van der Waals surface area contributed by atoms with E-state index in [0.29, 0.717) is 18.7 Å². The first-order valence-electron chi connectivity index (χ1n) is 10.3. The van der Waals surface area contributed by atoms with Gasteiger partial charge in [0.05, 0.1) is 19.8 Å². The number of benzene rings is 1. The molecule has 0 radical (unpaired) electrons. The lowest BCUT2D eigenvalue weighted by Gasteiger charge is -2.28. The number of anilines is 2. The van der Waals surface area contributed by atoms with Crippen LogP contribution in [0.25, 0.3) is 5.57 Å². The molecule has 1 unspecified atom stereocenters. The molecule has 1 aromatic carbocycles. The van der Waals surface area contributed by atoms with Crippen molar-refractivity contribution in [2.45, 2.75) is 50.7 Å².